The van der Waals surface area contributed by atoms with Crippen molar-refractivity contribution in [2.24, 2.45) is 7.05 Å². The Hall–Kier alpha value is -4.00. The van der Waals surface area contributed by atoms with Gasteiger partial charge in [0.25, 0.3) is 11.8 Å². The Kier molecular flexibility index (Phi) is 3.70. The van der Waals surface area contributed by atoms with Crippen molar-refractivity contribution >= 4 is 28.5 Å². The summed E-state index contributed by atoms with van der Waals surface area (Å²) in [7, 11) is 3.28. The Balaban J connectivity index is 1.78. The SMILES string of the molecule is COc1ccccc1N1C(=O)c2cnc3c(c(-c4ccccc4)nn3C)c2C1=O. The second-order valence-corrected chi connectivity index (χ2v) is 6.70. The number of fused-ring (bicyclic) bond motifs is 3. The third-order valence-electron chi connectivity index (χ3n) is 5.08. The minimum Gasteiger partial charge on any atom is -0.495 e. The summed E-state index contributed by atoms with van der Waals surface area (Å²) in [5, 5.41) is 5.15. The first-order valence-electron chi connectivity index (χ1n) is 9.04. The van der Waals surface area contributed by atoms with Crippen LogP contribution in [0.15, 0.2) is 60.8 Å². The van der Waals surface area contributed by atoms with Crippen LogP contribution >= 0.6 is 0 Å². The predicted molar refractivity (Wildman–Crippen MR) is 108 cm³/mol. The Labute approximate surface area is 166 Å². The third-order valence-corrected chi connectivity index (χ3v) is 5.08. The molecule has 0 saturated heterocycles. The summed E-state index contributed by atoms with van der Waals surface area (Å²) in [5.41, 5.74) is 3.00. The number of para-hydroxylation sites is 2. The van der Waals surface area contributed by atoms with Gasteiger partial charge in [-0.05, 0) is 12.1 Å². The summed E-state index contributed by atoms with van der Waals surface area (Å²) >= 11 is 0. The summed E-state index contributed by atoms with van der Waals surface area (Å²) in [5.74, 6) is -0.389. The molecule has 0 atom stereocenters. The molecule has 0 aliphatic carbocycles. The number of aryl methyl sites for hydroxylation is 1. The minimum atomic E-state index is -0.424. The molecule has 2 aromatic heterocycles. The van der Waals surface area contributed by atoms with E-state index in [4.69, 9.17) is 4.74 Å². The maximum Gasteiger partial charge on any atom is 0.267 e. The molecule has 5 rings (SSSR count). The normalized spacial score (nSPS) is 13.2. The Morgan fingerprint density at radius 2 is 1.66 bits per heavy atom. The number of amides is 2. The zero-order valence-corrected chi connectivity index (χ0v) is 15.8. The number of benzene rings is 2. The van der Waals surface area contributed by atoms with Gasteiger partial charge in [-0.2, -0.15) is 5.10 Å². The fourth-order valence-corrected chi connectivity index (χ4v) is 3.76. The standard InChI is InChI=1S/C22H16N4O3/c1-25-20-18(19(24-25)13-8-4-3-5-9-13)17-14(12-23-20)21(27)26(22(17)28)15-10-6-7-11-16(15)29-2/h3-12H,1-2H3. The van der Waals surface area contributed by atoms with Gasteiger partial charge in [0, 0.05) is 18.8 Å². The lowest BCUT2D eigenvalue weighted by Crippen LogP contribution is -2.29. The second kappa shape index (κ2) is 6.27. The predicted octanol–water partition coefficient (Wildman–Crippen LogP) is 3.44. The van der Waals surface area contributed by atoms with Gasteiger partial charge in [-0.1, -0.05) is 42.5 Å². The molecule has 0 spiro atoms. The summed E-state index contributed by atoms with van der Waals surface area (Å²) < 4.78 is 6.99. The number of carbonyl (C=O) groups is 2. The summed E-state index contributed by atoms with van der Waals surface area (Å²) in [6.45, 7) is 0. The molecular weight excluding hydrogens is 368 g/mol. The van der Waals surface area contributed by atoms with E-state index in [1.54, 1.807) is 36.0 Å². The van der Waals surface area contributed by atoms with Crippen LogP contribution in [0.1, 0.15) is 20.7 Å². The number of carbonyl (C=O) groups excluding carboxylic acids is 2. The maximum atomic E-state index is 13.5. The molecule has 29 heavy (non-hydrogen) atoms. The molecule has 4 aromatic rings. The average Bonchev–Trinajstić information content (AvgIpc) is 3.23. The highest BCUT2D eigenvalue weighted by molar-refractivity contribution is 6.38. The van der Waals surface area contributed by atoms with Crippen LogP contribution in [0.2, 0.25) is 0 Å². The van der Waals surface area contributed by atoms with Crippen molar-refractivity contribution < 1.29 is 14.3 Å². The number of aromatic nitrogens is 3. The topological polar surface area (TPSA) is 77.3 Å². The second-order valence-electron chi connectivity index (χ2n) is 6.70. The molecule has 1 aliphatic rings. The molecule has 0 fully saturated rings. The molecule has 0 bridgehead atoms. The van der Waals surface area contributed by atoms with Crippen LogP contribution in [0, 0.1) is 0 Å². The molecule has 142 valence electrons. The summed E-state index contributed by atoms with van der Waals surface area (Å²) in [6.07, 6.45) is 1.45. The van der Waals surface area contributed by atoms with E-state index in [-0.39, 0.29) is 5.56 Å². The number of hydrogen-bond acceptors (Lipinski definition) is 5. The largest absolute Gasteiger partial charge is 0.495 e. The van der Waals surface area contributed by atoms with E-state index in [0.717, 1.165) is 10.5 Å². The number of hydrogen-bond donors (Lipinski definition) is 0. The molecule has 3 heterocycles. The molecule has 7 heteroatoms. The molecular formula is C22H16N4O3. The number of nitrogens with zero attached hydrogens (tertiary/aromatic N) is 4. The molecule has 0 N–H and O–H groups in total. The number of methoxy groups -OCH3 is 1. The quantitative estimate of drug-likeness (QED) is 0.506. The van der Waals surface area contributed by atoms with Crippen molar-refractivity contribution in [3.05, 3.63) is 71.9 Å². The van der Waals surface area contributed by atoms with Gasteiger partial charge in [-0.3, -0.25) is 9.59 Å². The van der Waals surface area contributed by atoms with Gasteiger partial charge in [0.2, 0.25) is 0 Å². The Morgan fingerprint density at radius 1 is 0.931 bits per heavy atom. The zero-order chi connectivity index (χ0) is 20.1. The van der Waals surface area contributed by atoms with Crippen molar-refractivity contribution in [1.82, 2.24) is 14.8 Å². The lowest BCUT2D eigenvalue weighted by Gasteiger charge is -2.16. The first-order chi connectivity index (χ1) is 14.1. The lowest BCUT2D eigenvalue weighted by molar-refractivity contribution is 0.0925. The monoisotopic (exact) mass is 384 g/mol. The fourth-order valence-electron chi connectivity index (χ4n) is 3.76. The first-order valence-corrected chi connectivity index (χ1v) is 9.04. The number of rotatable bonds is 3. The van der Waals surface area contributed by atoms with E-state index in [1.165, 1.54) is 13.3 Å². The van der Waals surface area contributed by atoms with E-state index in [2.05, 4.69) is 10.1 Å². The summed E-state index contributed by atoms with van der Waals surface area (Å²) in [6, 6.07) is 16.5. The number of pyridine rings is 1. The average molecular weight is 384 g/mol. The van der Waals surface area contributed by atoms with Gasteiger partial charge < -0.3 is 4.74 Å². The molecule has 0 unspecified atom stereocenters. The van der Waals surface area contributed by atoms with Gasteiger partial charge >= 0.3 is 0 Å². The highest BCUT2D eigenvalue weighted by atomic mass is 16.5. The first kappa shape index (κ1) is 17.1. The van der Waals surface area contributed by atoms with E-state index < -0.39 is 11.8 Å². The van der Waals surface area contributed by atoms with Crippen molar-refractivity contribution in [3.8, 4) is 17.0 Å². The number of imide groups is 1. The highest BCUT2D eigenvalue weighted by Crippen LogP contribution is 2.39. The van der Waals surface area contributed by atoms with Crippen molar-refractivity contribution in [1.29, 1.82) is 0 Å². The Morgan fingerprint density at radius 3 is 2.41 bits per heavy atom. The highest BCUT2D eigenvalue weighted by Gasteiger charge is 2.41. The summed E-state index contributed by atoms with van der Waals surface area (Å²) in [4.78, 5) is 32.2. The number of ether oxygens (including phenoxy) is 1. The minimum absolute atomic E-state index is 0.263. The van der Waals surface area contributed by atoms with Crippen LogP contribution in [-0.4, -0.2) is 33.7 Å². The Bertz CT molecular complexity index is 1290. The van der Waals surface area contributed by atoms with Crippen molar-refractivity contribution in [3.63, 3.8) is 0 Å². The molecule has 0 saturated carbocycles. The van der Waals surface area contributed by atoms with Crippen LogP contribution in [0.3, 0.4) is 0 Å². The lowest BCUT2D eigenvalue weighted by atomic mass is 10.0. The van der Waals surface area contributed by atoms with E-state index in [1.807, 2.05) is 30.3 Å². The molecule has 2 aromatic carbocycles. The van der Waals surface area contributed by atoms with Crippen LogP contribution in [0.5, 0.6) is 5.75 Å². The van der Waals surface area contributed by atoms with Crippen LogP contribution in [-0.2, 0) is 7.05 Å². The van der Waals surface area contributed by atoms with E-state index >= 15 is 0 Å². The van der Waals surface area contributed by atoms with Crippen LogP contribution in [0.25, 0.3) is 22.3 Å². The fraction of sp³-hybridized carbons (Fsp3) is 0.0909. The zero-order valence-electron chi connectivity index (χ0n) is 15.8. The third kappa shape index (κ3) is 2.37. The van der Waals surface area contributed by atoms with Gasteiger partial charge in [-0.15, -0.1) is 0 Å². The van der Waals surface area contributed by atoms with Gasteiger partial charge in [0.15, 0.2) is 5.65 Å². The van der Waals surface area contributed by atoms with E-state index in [0.29, 0.717) is 33.7 Å². The smallest absolute Gasteiger partial charge is 0.267 e. The molecule has 2 amide bonds. The van der Waals surface area contributed by atoms with Crippen LogP contribution in [0.4, 0.5) is 5.69 Å². The molecule has 7 nitrogen and oxygen atoms in total. The van der Waals surface area contributed by atoms with Gasteiger partial charge in [0.05, 0.1) is 29.3 Å². The van der Waals surface area contributed by atoms with Crippen LogP contribution < -0.4 is 9.64 Å². The van der Waals surface area contributed by atoms with Gasteiger partial charge in [-0.25, -0.2) is 14.6 Å². The maximum absolute atomic E-state index is 13.5. The van der Waals surface area contributed by atoms with Crippen molar-refractivity contribution in [2.45, 2.75) is 0 Å². The molecule has 1 aliphatic heterocycles. The molecule has 0 radical (unpaired) electrons. The van der Waals surface area contributed by atoms with Gasteiger partial charge in [0.1, 0.15) is 11.4 Å². The van der Waals surface area contributed by atoms with Crippen molar-refractivity contribution in [2.75, 3.05) is 12.0 Å². The number of anilines is 1. The van der Waals surface area contributed by atoms with E-state index in [9.17, 15) is 9.59 Å².